The summed E-state index contributed by atoms with van der Waals surface area (Å²) in [6, 6.07) is 8.87. The van der Waals surface area contributed by atoms with Gasteiger partial charge in [0.2, 0.25) is 0 Å². The summed E-state index contributed by atoms with van der Waals surface area (Å²) in [5.41, 5.74) is 4.04. The highest BCUT2D eigenvalue weighted by Gasteiger charge is 2.11. The Kier molecular flexibility index (Phi) is 7.85. The van der Waals surface area contributed by atoms with Gasteiger partial charge in [-0.15, -0.1) is 6.58 Å². The number of ether oxygens (including phenoxy) is 2. The minimum atomic E-state index is 0.109. The van der Waals surface area contributed by atoms with Crippen molar-refractivity contribution in [2.24, 2.45) is 0 Å². The molecule has 2 rings (SSSR count). The average Bonchev–Trinajstić information content (AvgIpc) is 2.61. The molecule has 2 heteroatoms. The van der Waals surface area contributed by atoms with E-state index in [2.05, 4.69) is 56.0 Å². The molecule has 0 fully saturated rings. The van der Waals surface area contributed by atoms with Crippen molar-refractivity contribution >= 4 is 5.57 Å². The molecule has 0 spiro atoms. The van der Waals surface area contributed by atoms with E-state index in [-0.39, 0.29) is 6.10 Å². The molecular weight excluding hydrogens is 284 g/mol. The van der Waals surface area contributed by atoms with Crippen molar-refractivity contribution in [2.45, 2.75) is 38.7 Å². The van der Waals surface area contributed by atoms with Gasteiger partial charge in [-0.3, -0.25) is 0 Å². The molecule has 0 radical (unpaired) electrons. The van der Waals surface area contributed by atoms with Crippen LogP contribution >= 0.6 is 0 Å². The number of rotatable bonds is 10. The summed E-state index contributed by atoms with van der Waals surface area (Å²) in [6.45, 7) is 7.78. The monoisotopic (exact) mass is 312 g/mol. The fourth-order valence-corrected chi connectivity index (χ4v) is 2.69. The van der Waals surface area contributed by atoms with Crippen LogP contribution in [0.5, 0.6) is 0 Å². The van der Waals surface area contributed by atoms with Crippen LogP contribution in [0, 0.1) is 0 Å². The van der Waals surface area contributed by atoms with Crippen molar-refractivity contribution in [3.05, 3.63) is 66.3 Å². The molecule has 1 unspecified atom stereocenters. The molecule has 23 heavy (non-hydrogen) atoms. The molecule has 0 amide bonds. The van der Waals surface area contributed by atoms with E-state index in [0.29, 0.717) is 13.2 Å². The quantitative estimate of drug-likeness (QED) is 0.449. The van der Waals surface area contributed by atoms with Gasteiger partial charge in [0, 0.05) is 13.0 Å². The first-order chi connectivity index (χ1) is 11.3. The van der Waals surface area contributed by atoms with Crippen LogP contribution in [0.2, 0.25) is 0 Å². The Morgan fingerprint density at radius 3 is 2.74 bits per heavy atom. The van der Waals surface area contributed by atoms with Crippen molar-refractivity contribution in [1.82, 2.24) is 0 Å². The molecule has 2 nitrogen and oxygen atoms in total. The maximum atomic E-state index is 5.91. The minimum absolute atomic E-state index is 0.109. The molecule has 1 aliphatic carbocycles. The van der Waals surface area contributed by atoms with Gasteiger partial charge in [0.25, 0.3) is 0 Å². The van der Waals surface area contributed by atoms with E-state index in [4.69, 9.17) is 9.47 Å². The fraction of sp³-hybridized carbons (Fsp3) is 0.429. The van der Waals surface area contributed by atoms with Gasteiger partial charge in [0.15, 0.2) is 0 Å². The normalized spacial score (nSPS) is 15.3. The number of hydrogen-bond acceptors (Lipinski definition) is 2. The summed E-state index contributed by atoms with van der Waals surface area (Å²) in [7, 11) is 0. The van der Waals surface area contributed by atoms with E-state index < -0.39 is 0 Å². The maximum Gasteiger partial charge on any atom is 0.0848 e. The predicted octanol–water partition coefficient (Wildman–Crippen LogP) is 4.96. The fourth-order valence-electron chi connectivity index (χ4n) is 2.69. The summed E-state index contributed by atoms with van der Waals surface area (Å²) in [5.74, 6) is 0. The molecule has 124 valence electrons. The largest absolute Gasteiger partial charge is 0.375 e. The maximum absolute atomic E-state index is 5.91. The molecule has 0 heterocycles. The van der Waals surface area contributed by atoms with E-state index in [1.54, 1.807) is 6.08 Å². The molecule has 0 N–H and O–H groups in total. The van der Waals surface area contributed by atoms with Gasteiger partial charge in [-0.2, -0.15) is 0 Å². The third-order valence-corrected chi connectivity index (χ3v) is 3.90. The second-order valence-corrected chi connectivity index (χ2v) is 5.88. The molecule has 1 aliphatic rings. The van der Waals surface area contributed by atoms with Gasteiger partial charge < -0.3 is 9.47 Å². The van der Waals surface area contributed by atoms with Crippen molar-refractivity contribution in [3.63, 3.8) is 0 Å². The smallest absolute Gasteiger partial charge is 0.0848 e. The highest BCUT2D eigenvalue weighted by molar-refractivity contribution is 5.68. The van der Waals surface area contributed by atoms with Crippen LogP contribution in [0.25, 0.3) is 5.57 Å². The Hall–Kier alpha value is -1.64. The lowest BCUT2D eigenvalue weighted by Crippen LogP contribution is -2.23. The summed E-state index contributed by atoms with van der Waals surface area (Å²) in [4.78, 5) is 0. The molecule has 1 aromatic carbocycles. The lowest BCUT2D eigenvalue weighted by Gasteiger charge is -2.18. The molecule has 1 atom stereocenters. The third-order valence-electron chi connectivity index (χ3n) is 3.90. The highest BCUT2D eigenvalue weighted by Crippen LogP contribution is 2.24. The zero-order valence-electron chi connectivity index (χ0n) is 14.2. The average molecular weight is 312 g/mol. The van der Waals surface area contributed by atoms with Gasteiger partial charge in [-0.05, 0) is 36.0 Å². The Balaban J connectivity index is 1.94. The van der Waals surface area contributed by atoms with Crippen LogP contribution in [0.15, 0.2) is 55.1 Å². The first-order valence-electron chi connectivity index (χ1n) is 8.58. The van der Waals surface area contributed by atoms with E-state index in [9.17, 15) is 0 Å². The molecule has 0 bridgehead atoms. The standard InChI is InChI=1S/C21H28O2/c1-3-14-22-17-21(23-15-4-2)16-18-10-12-20(13-11-18)19-8-6-5-7-9-19/h3,5-6,8,10-13,21H,1,4,7,9,14-17H2,2H3. The zero-order chi connectivity index (χ0) is 16.3. The first-order valence-corrected chi connectivity index (χ1v) is 8.58. The number of benzene rings is 1. The first kappa shape index (κ1) is 17.7. The van der Waals surface area contributed by atoms with Gasteiger partial charge in [0.1, 0.15) is 0 Å². The Labute approximate surface area is 140 Å². The van der Waals surface area contributed by atoms with E-state index in [1.165, 1.54) is 16.7 Å². The van der Waals surface area contributed by atoms with Crippen LogP contribution < -0.4 is 0 Å². The van der Waals surface area contributed by atoms with Crippen molar-refractivity contribution in [2.75, 3.05) is 19.8 Å². The van der Waals surface area contributed by atoms with Gasteiger partial charge in [-0.25, -0.2) is 0 Å². The number of hydrogen-bond donors (Lipinski definition) is 0. The molecule has 0 aromatic heterocycles. The summed E-state index contributed by atoms with van der Waals surface area (Å²) in [6.07, 6.45) is 12.7. The topological polar surface area (TPSA) is 18.5 Å². The molecular formula is C21H28O2. The van der Waals surface area contributed by atoms with E-state index >= 15 is 0 Å². The van der Waals surface area contributed by atoms with Crippen molar-refractivity contribution in [3.8, 4) is 0 Å². The summed E-state index contributed by atoms with van der Waals surface area (Å²) >= 11 is 0. The van der Waals surface area contributed by atoms with Crippen molar-refractivity contribution in [1.29, 1.82) is 0 Å². The zero-order valence-corrected chi connectivity index (χ0v) is 14.2. The second-order valence-electron chi connectivity index (χ2n) is 5.88. The SMILES string of the molecule is C=CCOCC(Cc1ccc(C2=CC=CCC2)cc1)OCCC. The Bertz CT molecular complexity index is 525. The summed E-state index contributed by atoms with van der Waals surface area (Å²) < 4.78 is 11.5. The van der Waals surface area contributed by atoms with Gasteiger partial charge >= 0.3 is 0 Å². The van der Waals surface area contributed by atoms with Crippen LogP contribution in [-0.4, -0.2) is 25.9 Å². The highest BCUT2D eigenvalue weighted by atomic mass is 16.5. The van der Waals surface area contributed by atoms with Crippen LogP contribution in [0.1, 0.15) is 37.3 Å². The third kappa shape index (κ3) is 6.17. The molecule has 0 saturated carbocycles. The van der Waals surface area contributed by atoms with Crippen LogP contribution in [0.3, 0.4) is 0 Å². The van der Waals surface area contributed by atoms with Crippen LogP contribution in [-0.2, 0) is 15.9 Å². The van der Waals surface area contributed by atoms with Gasteiger partial charge in [-0.1, -0.05) is 55.5 Å². The van der Waals surface area contributed by atoms with Gasteiger partial charge in [0.05, 0.1) is 19.3 Å². The Morgan fingerprint density at radius 1 is 1.26 bits per heavy atom. The van der Waals surface area contributed by atoms with E-state index in [1.807, 2.05) is 0 Å². The lowest BCUT2D eigenvalue weighted by atomic mass is 9.96. The molecule has 0 aliphatic heterocycles. The molecule has 0 saturated heterocycles. The minimum Gasteiger partial charge on any atom is -0.375 e. The molecule has 1 aromatic rings. The predicted molar refractivity (Wildman–Crippen MR) is 97.5 cm³/mol. The van der Waals surface area contributed by atoms with E-state index in [0.717, 1.165) is 32.3 Å². The summed E-state index contributed by atoms with van der Waals surface area (Å²) in [5, 5.41) is 0. The van der Waals surface area contributed by atoms with Crippen LogP contribution in [0.4, 0.5) is 0 Å². The Morgan fingerprint density at radius 2 is 2.09 bits per heavy atom. The second kappa shape index (κ2) is 10.2. The number of allylic oxidation sites excluding steroid dienone is 4. The lowest BCUT2D eigenvalue weighted by molar-refractivity contribution is -0.00907. The van der Waals surface area contributed by atoms with Crippen molar-refractivity contribution < 1.29 is 9.47 Å².